The smallest absolute Gasteiger partial charge is 0.275 e. The maximum atomic E-state index is 6.29. The van der Waals surface area contributed by atoms with Gasteiger partial charge in [0.05, 0.1) is 7.11 Å². The molecule has 0 fully saturated rings. The summed E-state index contributed by atoms with van der Waals surface area (Å²) in [4.78, 5) is 0. The molecule has 2 aromatic rings. The molecular weight excluding hydrogens is 385 g/mol. The molecule has 0 saturated carbocycles. The number of aryl methyl sites for hydroxylation is 2. The summed E-state index contributed by atoms with van der Waals surface area (Å²) in [5, 5.41) is 0.751. The van der Waals surface area contributed by atoms with Crippen molar-refractivity contribution >= 4 is 11.6 Å². The van der Waals surface area contributed by atoms with Gasteiger partial charge < -0.3 is 28.7 Å². The Morgan fingerprint density at radius 1 is 1.15 bits per heavy atom. The van der Waals surface area contributed by atoms with Crippen LogP contribution in [0.1, 0.15) is 22.3 Å². The van der Waals surface area contributed by atoms with E-state index >= 15 is 0 Å². The quantitative estimate of drug-likeness (QED) is 0.416. The van der Waals surface area contributed by atoms with Crippen LogP contribution in [0.15, 0.2) is 30.5 Å². The molecule has 1 heterocycles. The van der Waals surface area contributed by atoms with Gasteiger partial charge >= 0.3 is 0 Å². The molecule has 0 atom stereocenters. The molecule has 0 aliphatic carbocycles. The minimum absolute atomic E-state index is 0. The highest BCUT2D eigenvalue weighted by molar-refractivity contribution is 6.28. The van der Waals surface area contributed by atoms with Crippen LogP contribution in [0.4, 0.5) is 0 Å². The number of ether oxygens (including phenoxy) is 1. The zero-order valence-electron chi connectivity index (χ0n) is 12.2. The van der Waals surface area contributed by atoms with Crippen LogP contribution in [-0.2, 0) is 6.54 Å². The van der Waals surface area contributed by atoms with Gasteiger partial charge in [-0.3, -0.25) is 0 Å². The van der Waals surface area contributed by atoms with Crippen molar-refractivity contribution in [2.24, 2.45) is 0 Å². The summed E-state index contributed by atoms with van der Waals surface area (Å²) in [5.41, 5.74) is 4.85. The number of hydrogen-bond acceptors (Lipinski definition) is 1. The lowest BCUT2D eigenvalue weighted by Crippen LogP contribution is -3.00. The number of pyridine rings is 1. The van der Waals surface area contributed by atoms with Crippen LogP contribution in [0.3, 0.4) is 0 Å². The SMILES string of the molecule is COc1ccc(C)c(C[n+]2ccc(C)cc2Cl)c1C.[I-]. The highest BCUT2D eigenvalue weighted by atomic mass is 127. The molecule has 0 radical (unpaired) electrons. The number of rotatable bonds is 3. The summed E-state index contributed by atoms with van der Waals surface area (Å²) < 4.78 is 7.43. The van der Waals surface area contributed by atoms with Gasteiger partial charge in [0.25, 0.3) is 5.15 Å². The predicted molar refractivity (Wildman–Crippen MR) is 78.0 cm³/mol. The number of nitrogens with zero attached hydrogens (tertiary/aromatic N) is 1. The van der Waals surface area contributed by atoms with E-state index in [0.717, 1.165) is 17.4 Å². The second-order valence-electron chi connectivity index (χ2n) is 4.84. The van der Waals surface area contributed by atoms with Gasteiger partial charge in [0.2, 0.25) is 0 Å². The lowest BCUT2D eigenvalue weighted by Gasteiger charge is -2.11. The van der Waals surface area contributed by atoms with Gasteiger partial charge in [-0.05, 0) is 49.6 Å². The Morgan fingerprint density at radius 2 is 1.85 bits per heavy atom. The Balaban J connectivity index is 0.00000200. The van der Waals surface area contributed by atoms with E-state index in [-0.39, 0.29) is 24.0 Å². The van der Waals surface area contributed by atoms with E-state index in [1.165, 1.54) is 22.3 Å². The average Bonchev–Trinajstić information content (AvgIpc) is 2.37. The van der Waals surface area contributed by atoms with Crippen molar-refractivity contribution in [3.63, 3.8) is 0 Å². The van der Waals surface area contributed by atoms with Crippen LogP contribution in [-0.4, -0.2) is 7.11 Å². The van der Waals surface area contributed by atoms with E-state index < -0.39 is 0 Å². The van der Waals surface area contributed by atoms with Gasteiger partial charge in [-0.15, -0.1) is 0 Å². The highest BCUT2D eigenvalue weighted by Gasteiger charge is 2.15. The molecule has 1 aromatic heterocycles. The predicted octanol–water partition coefficient (Wildman–Crippen LogP) is 0.614. The maximum absolute atomic E-state index is 6.29. The largest absolute Gasteiger partial charge is 1.00 e. The third-order valence-electron chi connectivity index (χ3n) is 3.47. The van der Waals surface area contributed by atoms with E-state index in [1.807, 2.05) is 29.8 Å². The van der Waals surface area contributed by atoms with Crippen molar-refractivity contribution in [2.45, 2.75) is 27.3 Å². The van der Waals surface area contributed by atoms with Gasteiger partial charge in [-0.2, -0.15) is 4.57 Å². The summed E-state index contributed by atoms with van der Waals surface area (Å²) in [6.45, 7) is 7.00. The molecule has 0 saturated heterocycles. The Bertz CT molecular complexity index is 614. The monoisotopic (exact) mass is 403 g/mol. The molecule has 0 unspecified atom stereocenters. The normalized spacial score (nSPS) is 10.1. The Morgan fingerprint density at radius 3 is 2.45 bits per heavy atom. The number of halogens is 2. The third kappa shape index (κ3) is 3.64. The van der Waals surface area contributed by atoms with Gasteiger partial charge in [0.15, 0.2) is 12.7 Å². The first-order valence-electron chi connectivity index (χ1n) is 6.31. The molecule has 0 spiro atoms. The fraction of sp³-hybridized carbons (Fsp3) is 0.312. The highest BCUT2D eigenvalue weighted by Crippen LogP contribution is 2.24. The lowest BCUT2D eigenvalue weighted by atomic mass is 10.0. The van der Waals surface area contributed by atoms with Crippen molar-refractivity contribution in [3.05, 3.63) is 57.9 Å². The van der Waals surface area contributed by atoms with Gasteiger partial charge in [-0.1, -0.05) is 6.07 Å². The van der Waals surface area contributed by atoms with Crippen LogP contribution in [0.25, 0.3) is 0 Å². The molecule has 2 nitrogen and oxygen atoms in total. The number of hydrogen-bond donors (Lipinski definition) is 0. The summed E-state index contributed by atoms with van der Waals surface area (Å²) in [6.07, 6.45) is 2.02. The molecule has 4 heteroatoms. The first kappa shape index (κ1) is 17.2. The first-order valence-corrected chi connectivity index (χ1v) is 6.69. The molecule has 20 heavy (non-hydrogen) atoms. The minimum Gasteiger partial charge on any atom is -1.00 e. The number of aromatic nitrogens is 1. The molecule has 0 amide bonds. The van der Waals surface area contributed by atoms with Crippen molar-refractivity contribution in [2.75, 3.05) is 7.11 Å². The van der Waals surface area contributed by atoms with Crippen LogP contribution >= 0.6 is 11.6 Å². The van der Waals surface area contributed by atoms with Crippen molar-refractivity contribution in [3.8, 4) is 5.75 Å². The molecule has 0 bridgehead atoms. The lowest BCUT2D eigenvalue weighted by molar-refractivity contribution is -0.686. The number of methoxy groups -OCH3 is 1. The summed E-state index contributed by atoms with van der Waals surface area (Å²) in [6, 6.07) is 8.14. The third-order valence-corrected chi connectivity index (χ3v) is 3.80. The molecule has 0 aliphatic heterocycles. The minimum atomic E-state index is 0. The van der Waals surface area contributed by atoms with Crippen LogP contribution < -0.4 is 33.3 Å². The van der Waals surface area contributed by atoms with E-state index in [1.54, 1.807) is 7.11 Å². The van der Waals surface area contributed by atoms with Crippen LogP contribution in [0.5, 0.6) is 5.75 Å². The summed E-state index contributed by atoms with van der Waals surface area (Å²) >= 11 is 6.29. The van der Waals surface area contributed by atoms with Crippen LogP contribution in [0.2, 0.25) is 5.15 Å². The van der Waals surface area contributed by atoms with Crippen molar-refractivity contribution in [1.29, 1.82) is 0 Å². The first-order chi connectivity index (χ1) is 9.02. The Labute approximate surface area is 142 Å². The fourth-order valence-corrected chi connectivity index (χ4v) is 2.52. The second-order valence-corrected chi connectivity index (χ2v) is 5.23. The molecule has 0 N–H and O–H groups in total. The molecule has 2 rings (SSSR count). The maximum Gasteiger partial charge on any atom is 0.275 e. The van der Waals surface area contributed by atoms with E-state index in [4.69, 9.17) is 16.3 Å². The van der Waals surface area contributed by atoms with Crippen LogP contribution in [0, 0.1) is 20.8 Å². The molecule has 1 aromatic carbocycles. The molecule has 108 valence electrons. The zero-order chi connectivity index (χ0) is 14.0. The fourth-order valence-electron chi connectivity index (χ4n) is 2.23. The topological polar surface area (TPSA) is 13.1 Å². The van der Waals surface area contributed by atoms with Gasteiger partial charge in [0.1, 0.15) is 5.75 Å². The van der Waals surface area contributed by atoms with Crippen molar-refractivity contribution in [1.82, 2.24) is 0 Å². The Hall–Kier alpha value is -0.810. The number of benzene rings is 1. The summed E-state index contributed by atoms with van der Waals surface area (Å²) in [7, 11) is 1.70. The average molecular weight is 404 g/mol. The van der Waals surface area contributed by atoms with E-state index in [0.29, 0.717) is 0 Å². The van der Waals surface area contributed by atoms with Gasteiger partial charge in [-0.25, -0.2) is 0 Å². The van der Waals surface area contributed by atoms with E-state index in [2.05, 4.69) is 26.0 Å². The Kier molecular flexibility index (Phi) is 6.27. The molecule has 0 aliphatic rings. The summed E-state index contributed by atoms with van der Waals surface area (Å²) in [5.74, 6) is 0.921. The second kappa shape index (κ2) is 7.27. The van der Waals surface area contributed by atoms with E-state index in [9.17, 15) is 0 Å². The standard InChI is InChI=1S/C16H19ClNO.HI/c1-11-7-8-18(16(17)9-11)10-14-12(2)5-6-15(19-4)13(14)3;/h5-9H,10H2,1-4H3;1H/q+1;/p-1. The van der Waals surface area contributed by atoms with Gasteiger partial charge in [0, 0.05) is 23.3 Å². The van der Waals surface area contributed by atoms with Crippen molar-refractivity contribution < 1.29 is 33.3 Å². The molecular formula is C16H19ClINO. The zero-order valence-corrected chi connectivity index (χ0v) is 15.1.